The van der Waals surface area contributed by atoms with Gasteiger partial charge in [-0.1, -0.05) is 13.0 Å². The number of rotatable bonds is 4. The third-order valence-corrected chi connectivity index (χ3v) is 6.48. The van der Waals surface area contributed by atoms with Crippen LogP contribution < -0.4 is 5.56 Å². The molecule has 1 aromatic heterocycles. The van der Waals surface area contributed by atoms with E-state index in [4.69, 9.17) is 0 Å². The summed E-state index contributed by atoms with van der Waals surface area (Å²) in [5.74, 6) is -0.201. The lowest BCUT2D eigenvalue weighted by Crippen LogP contribution is -2.46. The Labute approximate surface area is 154 Å². The molecular weight excluding hydrogens is 330 g/mol. The van der Waals surface area contributed by atoms with E-state index in [2.05, 4.69) is 11.8 Å². The fourth-order valence-corrected chi connectivity index (χ4v) is 5.34. The second kappa shape index (κ2) is 7.16. The molecule has 2 saturated heterocycles. The Kier molecular flexibility index (Phi) is 4.88. The van der Waals surface area contributed by atoms with Crippen LogP contribution in [-0.4, -0.2) is 57.7 Å². The molecule has 2 bridgehead atoms. The van der Waals surface area contributed by atoms with Crippen molar-refractivity contribution >= 4 is 5.91 Å². The number of nitrogens with zero attached hydrogens (tertiary/aromatic N) is 3. The molecule has 3 aliphatic rings. The quantitative estimate of drug-likeness (QED) is 0.878. The fourth-order valence-electron chi connectivity index (χ4n) is 5.34. The molecule has 4 atom stereocenters. The Balaban J connectivity index is 1.77. The summed E-state index contributed by atoms with van der Waals surface area (Å²) in [6.07, 6.45) is 4.30. The van der Waals surface area contributed by atoms with E-state index >= 15 is 0 Å². The van der Waals surface area contributed by atoms with Crippen LogP contribution in [0, 0.1) is 11.8 Å². The highest BCUT2D eigenvalue weighted by Gasteiger charge is 2.55. The number of carbonyl (C=O) groups is 1. The third kappa shape index (κ3) is 2.70. The van der Waals surface area contributed by atoms with Crippen LogP contribution in [0.25, 0.3) is 0 Å². The molecule has 142 valence electrons. The number of hydrogen-bond acceptors (Lipinski definition) is 4. The second-order valence-electron chi connectivity index (χ2n) is 7.91. The third-order valence-electron chi connectivity index (χ3n) is 6.48. The van der Waals surface area contributed by atoms with Crippen molar-refractivity contribution in [3.63, 3.8) is 0 Å². The standard InChI is InChI=1S/C20H29N3O3/c1-2-9-22-16-12-23-15(7-6-8-17(23)25)19(22)18(14(16)13-24)20(26)21-10-4-3-5-11-21/h6-8,14,16,18-19,24H,2-5,9-13H2,1H3/t14-,16-,18+,19+/m0/s1. The van der Waals surface area contributed by atoms with Crippen molar-refractivity contribution in [2.24, 2.45) is 11.8 Å². The van der Waals surface area contributed by atoms with Gasteiger partial charge in [-0.15, -0.1) is 0 Å². The molecule has 0 aliphatic carbocycles. The molecule has 4 rings (SSSR count). The van der Waals surface area contributed by atoms with Gasteiger partial charge in [0.05, 0.1) is 12.0 Å². The highest BCUT2D eigenvalue weighted by molar-refractivity contribution is 5.81. The van der Waals surface area contributed by atoms with Crippen molar-refractivity contribution in [2.45, 2.75) is 51.2 Å². The van der Waals surface area contributed by atoms with E-state index in [1.165, 1.54) is 6.42 Å². The number of piperidine rings is 1. The molecule has 0 aromatic carbocycles. The van der Waals surface area contributed by atoms with E-state index in [-0.39, 0.29) is 42.0 Å². The van der Waals surface area contributed by atoms with Gasteiger partial charge in [-0.25, -0.2) is 0 Å². The second-order valence-corrected chi connectivity index (χ2v) is 7.91. The molecule has 4 heterocycles. The van der Waals surface area contributed by atoms with Crippen LogP contribution in [-0.2, 0) is 11.3 Å². The highest BCUT2D eigenvalue weighted by Crippen LogP contribution is 2.48. The van der Waals surface area contributed by atoms with Gasteiger partial charge in [-0.2, -0.15) is 0 Å². The molecular formula is C20H29N3O3. The SMILES string of the molecule is CCCN1[C@@H]2c3cccc(=O)n3C[C@H]1[C@H](CO)[C@H]2C(=O)N1CCCCC1. The summed E-state index contributed by atoms with van der Waals surface area (Å²) in [7, 11) is 0. The Morgan fingerprint density at radius 3 is 2.69 bits per heavy atom. The fraction of sp³-hybridized carbons (Fsp3) is 0.700. The van der Waals surface area contributed by atoms with Crippen molar-refractivity contribution in [3.05, 3.63) is 34.2 Å². The van der Waals surface area contributed by atoms with Crippen LogP contribution in [0.3, 0.4) is 0 Å². The summed E-state index contributed by atoms with van der Waals surface area (Å²) in [6, 6.07) is 5.33. The number of amides is 1. The summed E-state index contributed by atoms with van der Waals surface area (Å²) in [6.45, 7) is 5.23. The molecule has 0 saturated carbocycles. The predicted molar refractivity (Wildman–Crippen MR) is 98.7 cm³/mol. The summed E-state index contributed by atoms with van der Waals surface area (Å²) in [5.41, 5.74) is 0.935. The number of hydrogen-bond donors (Lipinski definition) is 1. The Hall–Kier alpha value is -1.66. The Morgan fingerprint density at radius 2 is 2.00 bits per heavy atom. The van der Waals surface area contributed by atoms with Crippen LogP contribution >= 0.6 is 0 Å². The number of fused-ring (bicyclic) bond motifs is 4. The molecule has 26 heavy (non-hydrogen) atoms. The maximum atomic E-state index is 13.5. The molecule has 1 N–H and O–H groups in total. The van der Waals surface area contributed by atoms with Crippen LogP contribution in [0.1, 0.15) is 44.3 Å². The molecule has 2 fully saturated rings. The van der Waals surface area contributed by atoms with Crippen molar-refractivity contribution in [3.8, 4) is 0 Å². The summed E-state index contributed by atoms with van der Waals surface area (Å²) in [5, 5.41) is 10.2. The average molecular weight is 359 g/mol. The number of aliphatic hydroxyl groups is 1. The molecule has 3 aliphatic heterocycles. The lowest BCUT2D eigenvalue weighted by molar-refractivity contribution is -0.139. The van der Waals surface area contributed by atoms with Crippen molar-refractivity contribution in [2.75, 3.05) is 26.2 Å². The van der Waals surface area contributed by atoms with Gasteiger partial charge in [-0.05, 0) is 38.3 Å². The van der Waals surface area contributed by atoms with Gasteiger partial charge in [0.15, 0.2) is 0 Å². The topological polar surface area (TPSA) is 65.8 Å². The monoisotopic (exact) mass is 359 g/mol. The lowest BCUT2D eigenvalue weighted by Gasteiger charge is -2.38. The van der Waals surface area contributed by atoms with E-state index in [1.54, 1.807) is 12.1 Å². The van der Waals surface area contributed by atoms with Crippen LogP contribution in [0.15, 0.2) is 23.0 Å². The smallest absolute Gasteiger partial charge is 0.250 e. The zero-order valence-electron chi connectivity index (χ0n) is 15.5. The lowest BCUT2D eigenvalue weighted by atomic mass is 9.85. The summed E-state index contributed by atoms with van der Waals surface area (Å²) >= 11 is 0. The maximum absolute atomic E-state index is 13.5. The van der Waals surface area contributed by atoms with E-state index in [0.717, 1.165) is 44.6 Å². The first-order chi connectivity index (χ1) is 12.7. The number of pyridine rings is 1. The van der Waals surface area contributed by atoms with Gasteiger partial charge in [0.2, 0.25) is 5.91 Å². The van der Waals surface area contributed by atoms with Crippen LogP contribution in [0.5, 0.6) is 0 Å². The average Bonchev–Trinajstić information content (AvgIpc) is 2.87. The van der Waals surface area contributed by atoms with Gasteiger partial charge >= 0.3 is 0 Å². The van der Waals surface area contributed by atoms with Crippen molar-refractivity contribution in [1.82, 2.24) is 14.4 Å². The minimum atomic E-state index is -0.259. The molecule has 6 heteroatoms. The van der Waals surface area contributed by atoms with Gasteiger partial charge in [0.25, 0.3) is 5.56 Å². The van der Waals surface area contributed by atoms with Gasteiger partial charge in [0.1, 0.15) is 0 Å². The van der Waals surface area contributed by atoms with E-state index in [9.17, 15) is 14.7 Å². The zero-order valence-corrected chi connectivity index (χ0v) is 15.5. The molecule has 0 radical (unpaired) electrons. The van der Waals surface area contributed by atoms with Crippen molar-refractivity contribution < 1.29 is 9.90 Å². The molecule has 0 spiro atoms. The normalized spacial score (nSPS) is 31.1. The predicted octanol–water partition coefficient (Wildman–Crippen LogP) is 1.23. The van der Waals surface area contributed by atoms with Gasteiger partial charge in [0, 0.05) is 50.0 Å². The number of carbonyl (C=O) groups excluding carboxylic acids is 1. The number of likely N-dealkylation sites (tertiary alicyclic amines) is 1. The molecule has 1 aromatic rings. The summed E-state index contributed by atoms with van der Waals surface area (Å²) < 4.78 is 1.83. The van der Waals surface area contributed by atoms with E-state index in [0.29, 0.717) is 6.54 Å². The van der Waals surface area contributed by atoms with Gasteiger partial charge in [-0.3, -0.25) is 14.5 Å². The first-order valence-electron chi connectivity index (χ1n) is 10.0. The Morgan fingerprint density at radius 1 is 1.23 bits per heavy atom. The minimum Gasteiger partial charge on any atom is -0.396 e. The zero-order chi connectivity index (χ0) is 18.3. The van der Waals surface area contributed by atoms with Crippen molar-refractivity contribution in [1.29, 1.82) is 0 Å². The minimum absolute atomic E-state index is 0.00332. The largest absolute Gasteiger partial charge is 0.396 e. The Bertz CT molecular complexity index is 725. The highest BCUT2D eigenvalue weighted by atomic mass is 16.3. The molecule has 1 amide bonds. The van der Waals surface area contributed by atoms with Crippen LogP contribution in [0.2, 0.25) is 0 Å². The first-order valence-corrected chi connectivity index (χ1v) is 10.0. The first kappa shape index (κ1) is 17.7. The number of aliphatic hydroxyl groups excluding tert-OH is 1. The molecule has 6 nitrogen and oxygen atoms in total. The number of aromatic nitrogens is 1. The molecule has 0 unspecified atom stereocenters. The summed E-state index contributed by atoms with van der Waals surface area (Å²) in [4.78, 5) is 30.2. The van der Waals surface area contributed by atoms with E-state index < -0.39 is 0 Å². The van der Waals surface area contributed by atoms with Crippen LogP contribution in [0.4, 0.5) is 0 Å². The van der Waals surface area contributed by atoms with E-state index in [1.807, 2.05) is 15.5 Å². The van der Waals surface area contributed by atoms with Gasteiger partial charge < -0.3 is 14.6 Å². The maximum Gasteiger partial charge on any atom is 0.250 e.